The van der Waals surface area contributed by atoms with Crippen LogP contribution in [0.4, 0.5) is 4.39 Å². The van der Waals surface area contributed by atoms with Crippen LogP contribution in [-0.4, -0.2) is 55.7 Å². The van der Waals surface area contributed by atoms with E-state index in [0.717, 1.165) is 12.8 Å². The lowest BCUT2D eigenvalue weighted by Crippen LogP contribution is -2.35. The van der Waals surface area contributed by atoms with Crippen molar-refractivity contribution in [1.82, 2.24) is 30.5 Å². The van der Waals surface area contributed by atoms with Crippen molar-refractivity contribution in [3.8, 4) is 28.6 Å². The van der Waals surface area contributed by atoms with Gasteiger partial charge in [0.1, 0.15) is 18.0 Å². The van der Waals surface area contributed by atoms with Crippen LogP contribution in [-0.2, 0) is 0 Å². The second-order valence-electron chi connectivity index (χ2n) is 7.13. The molecule has 9 heteroatoms. The molecule has 8 nitrogen and oxygen atoms in total. The first-order valence-electron chi connectivity index (χ1n) is 9.66. The number of ether oxygens (including phenoxy) is 1. The van der Waals surface area contributed by atoms with Gasteiger partial charge in [0, 0.05) is 30.2 Å². The average molecular weight is 398 g/mol. The van der Waals surface area contributed by atoms with Crippen LogP contribution >= 0.6 is 0 Å². The molecule has 2 aromatic heterocycles. The molecule has 2 N–H and O–H groups in total. The molecule has 0 spiro atoms. The first kappa shape index (κ1) is 19.3. The quantitative estimate of drug-likeness (QED) is 0.638. The summed E-state index contributed by atoms with van der Waals surface area (Å²) in [6.07, 6.45) is 4.52. The van der Waals surface area contributed by atoms with E-state index < -0.39 is 12.3 Å². The molecule has 1 aliphatic rings. The Hall–Kier alpha value is -3.07. The van der Waals surface area contributed by atoms with Crippen molar-refractivity contribution < 1.29 is 14.2 Å². The van der Waals surface area contributed by atoms with Gasteiger partial charge in [-0.15, -0.1) is 15.3 Å². The first-order chi connectivity index (χ1) is 14.1. The van der Waals surface area contributed by atoms with Crippen LogP contribution in [0.5, 0.6) is 11.6 Å². The topological polar surface area (TPSA) is 98.0 Å². The number of hydrogen-bond acceptors (Lipinski definition) is 7. The van der Waals surface area contributed by atoms with Crippen LogP contribution < -0.4 is 10.1 Å². The molecule has 2 heterocycles. The molecule has 1 aliphatic carbocycles. The number of alkyl halides is 1. The fourth-order valence-electron chi connectivity index (χ4n) is 3.58. The van der Waals surface area contributed by atoms with Crippen molar-refractivity contribution in [2.45, 2.75) is 44.0 Å². The van der Waals surface area contributed by atoms with Crippen LogP contribution in [0.3, 0.4) is 0 Å². The van der Waals surface area contributed by atoms with Crippen LogP contribution in [0.15, 0.2) is 42.7 Å². The van der Waals surface area contributed by atoms with Gasteiger partial charge in [0.15, 0.2) is 0 Å². The number of rotatable bonds is 5. The maximum Gasteiger partial charge on any atom is 0.233 e. The maximum atomic E-state index is 14.4. The van der Waals surface area contributed by atoms with Crippen LogP contribution in [0.2, 0.25) is 0 Å². The van der Waals surface area contributed by atoms with Gasteiger partial charge in [-0.1, -0.05) is 5.21 Å². The summed E-state index contributed by atoms with van der Waals surface area (Å²) in [7, 11) is 1.88. The Morgan fingerprint density at radius 3 is 2.79 bits per heavy atom. The van der Waals surface area contributed by atoms with Gasteiger partial charge in [0.25, 0.3) is 0 Å². The molecule has 3 atom stereocenters. The minimum Gasteiger partial charge on any atom is -0.507 e. The molecule has 0 bridgehead atoms. The summed E-state index contributed by atoms with van der Waals surface area (Å²) in [6, 6.07) is 8.69. The van der Waals surface area contributed by atoms with Gasteiger partial charge in [0.05, 0.1) is 23.8 Å². The van der Waals surface area contributed by atoms with E-state index in [4.69, 9.17) is 4.74 Å². The average Bonchev–Trinajstić information content (AvgIpc) is 3.21. The Morgan fingerprint density at radius 2 is 2.10 bits per heavy atom. The van der Waals surface area contributed by atoms with Gasteiger partial charge in [-0.3, -0.25) is 0 Å². The number of aromatic hydroxyl groups is 1. The second-order valence-corrected chi connectivity index (χ2v) is 7.13. The Kier molecular flexibility index (Phi) is 5.66. The highest BCUT2D eigenvalue weighted by Crippen LogP contribution is 2.30. The summed E-state index contributed by atoms with van der Waals surface area (Å²) < 4.78 is 21.8. The van der Waals surface area contributed by atoms with Gasteiger partial charge in [-0.25, -0.2) is 9.07 Å². The monoisotopic (exact) mass is 398 g/mol. The summed E-state index contributed by atoms with van der Waals surface area (Å²) in [4.78, 5) is 0. The Labute approximate surface area is 167 Å². The summed E-state index contributed by atoms with van der Waals surface area (Å²) in [5.41, 5.74) is 1.70. The van der Waals surface area contributed by atoms with E-state index in [1.165, 1.54) is 0 Å². The predicted octanol–water partition coefficient (Wildman–Crippen LogP) is 2.68. The third-order valence-corrected chi connectivity index (χ3v) is 5.22. The third kappa shape index (κ3) is 4.34. The molecular weight excluding hydrogens is 375 g/mol. The molecule has 0 saturated heterocycles. The van der Waals surface area contributed by atoms with E-state index in [2.05, 4.69) is 25.8 Å². The predicted molar refractivity (Wildman–Crippen MR) is 105 cm³/mol. The molecule has 2 unspecified atom stereocenters. The lowest BCUT2D eigenvalue weighted by atomic mass is 10.1. The van der Waals surface area contributed by atoms with Gasteiger partial charge in [0.2, 0.25) is 5.88 Å². The van der Waals surface area contributed by atoms with Crippen LogP contribution in [0.25, 0.3) is 16.9 Å². The number of phenols is 1. The molecule has 152 valence electrons. The minimum absolute atomic E-state index is 0.0467. The highest BCUT2D eigenvalue weighted by Gasteiger charge is 2.29. The van der Waals surface area contributed by atoms with Crippen LogP contribution in [0, 0.1) is 0 Å². The summed E-state index contributed by atoms with van der Waals surface area (Å²) in [6.45, 7) is 0. The molecule has 3 aromatic rings. The maximum absolute atomic E-state index is 14.4. The number of nitrogens with zero attached hydrogens (tertiary/aromatic N) is 5. The van der Waals surface area contributed by atoms with Gasteiger partial charge in [-0.2, -0.15) is 0 Å². The second kappa shape index (κ2) is 8.52. The van der Waals surface area contributed by atoms with Crippen molar-refractivity contribution in [3.05, 3.63) is 42.7 Å². The molecule has 0 amide bonds. The minimum atomic E-state index is -1.02. The number of phenolic OH excluding ortho intramolecular Hbond substituents is 1. The smallest absolute Gasteiger partial charge is 0.233 e. The zero-order chi connectivity index (χ0) is 20.2. The van der Waals surface area contributed by atoms with E-state index in [9.17, 15) is 9.50 Å². The van der Waals surface area contributed by atoms with E-state index >= 15 is 0 Å². The van der Waals surface area contributed by atoms with E-state index in [1.54, 1.807) is 47.4 Å². The van der Waals surface area contributed by atoms with Crippen molar-refractivity contribution in [2.75, 3.05) is 7.05 Å². The SMILES string of the molecule is CNC1CCCC(F)[C@@H](Oc2ccc(-c3ccc(-n4ccnn4)cc3O)nn2)C1. The zero-order valence-electron chi connectivity index (χ0n) is 16.1. The normalized spacial score (nSPS) is 22.2. The summed E-state index contributed by atoms with van der Waals surface area (Å²) >= 11 is 0. The first-order valence-corrected chi connectivity index (χ1v) is 9.66. The molecule has 1 saturated carbocycles. The number of halogens is 1. The van der Waals surface area contributed by atoms with Gasteiger partial charge >= 0.3 is 0 Å². The molecular formula is C20H23FN6O2. The van der Waals surface area contributed by atoms with Gasteiger partial charge < -0.3 is 15.2 Å². The highest BCUT2D eigenvalue weighted by molar-refractivity contribution is 5.68. The molecule has 1 fully saturated rings. The molecule has 1 aromatic carbocycles. The largest absolute Gasteiger partial charge is 0.507 e. The lowest BCUT2D eigenvalue weighted by Gasteiger charge is -2.22. The van der Waals surface area contributed by atoms with E-state index in [1.807, 2.05) is 7.05 Å². The number of nitrogens with one attached hydrogen (secondary N) is 1. The molecule has 0 radical (unpaired) electrons. The summed E-state index contributed by atoms with van der Waals surface area (Å²) in [5.74, 6) is 0.322. The lowest BCUT2D eigenvalue weighted by molar-refractivity contribution is 0.0837. The number of benzene rings is 1. The molecule has 29 heavy (non-hydrogen) atoms. The Bertz CT molecular complexity index is 935. The number of aromatic nitrogens is 5. The Morgan fingerprint density at radius 1 is 1.21 bits per heavy atom. The zero-order valence-corrected chi connectivity index (χ0v) is 16.1. The van der Waals surface area contributed by atoms with Crippen LogP contribution in [0.1, 0.15) is 25.7 Å². The standard InChI is InChI=1S/C20H23FN6O2/c1-22-13-3-2-4-16(21)19(11-13)29-20-8-7-17(24-25-20)15-6-5-14(12-18(15)28)27-10-9-23-26-27/h5-10,12-13,16,19,22,28H,2-4,11H2,1H3/t13?,16?,19-/m0/s1. The fourth-order valence-corrected chi connectivity index (χ4v) is 3.58. The van der Waals surface area contributed by atoms with Crippen molar-refractivity contribution in [2.24, 2.45) is 0 Å². The van der Waals surface area contributed by atoms with Crippen molar-refractivity contribution >= 4 is 0 Å². The third-order valence-electron chi connectivity index (χ3n) is 5.22. The Balaban J connectivity index is 1.49. The fraction of sp³-hybridized carbons (Fsp3) is 0.400. The van der Waals surface area contributed by atoms with Gasteiger partial charge in [-0.05, 0) is 44.5 Å². The van der Waals surface area contributed by atoms with Crippen molar-refractivity contribution in [3.63, 3.8) is 0 Å². The molecule has 0 aliphatic heterocycles. The molecule has 4 rings (SSSR count). The number of hydrogen-bond donors (Lipinski definition) is 2. The van der Waals surface area contributed by atoms with E-state index in [-0.39, 0.29) is 17.7 Å². The van der Waals surface area contributed by atoms with Crippen molar-refractivity contribution in [1.29, 1.82) is 0 Å². The summed E-state index contributed by atoms with van der Waals surface area (Å²) in [5, 5.41) is 29.5. The van der Waals surface area contributed by atoms with E-state index in [0.29, 0.717) is 29.8 Å². The highest BCUT2D eigenvalue weighted by atomic mass is 19.1.